The zero-order chi connectivity index (χ0) is 23.0. The Morgan fingerprint density at radius 2 is 1.71 bits per heavy atom. The van der Waals surface area contributed by atoms with Gasteiger partial charge in [-0.15, -0.1) is 0 Å². The van der Waals surface area contributed by atoms with Crippen molar-refractivity contribution in [2.45, 2.75) is 26.7 Å². The Morgan fingerprint density at radius 3 is 2.26 bits per heavy atom. The van der Waals surface area contributed by atoms with Gasteiger partial charge in [0, 0.05) is 25.3 Å². The third kappa shape index (κ3) is 6.68. The molecule has 0 bridgehead atoms. The topological polar surface area (TPSA) is 86.3 Å². The molecule has 31 heavy (non-hydrogen) atoms. The average Bonchev–Trinajstić information content (AvgIpc) is 2.69. The van der Waals surface area contributed by atoms with Crippen molar-refractivity contribution in [2.75, 3.05) is 27.3 Å². The Bertz CT molecular complexity index is 907. The first kappa shape index (κ1) is 24.1. The molecule has 0 fully saturated rings. The number of carbonyl (C=O) groups excluding carboxylic acids is 2. The molecule has 9 heteroatoms. The van der Waals surface area contributed by atoms with Gasteiger partial charge in [-0.3, -0.25) is 0 Å². The van der Waals surface area contributed by atoms with Gasteiger partial charge in [0.1, 0.15) is 17.4 Å². The fourth-order valence-corrected chi connectivity index (χ4v) is 3.07. The summed E-state index contributed by atoms with van der Waals surface area (Å²) in [6.45, 7) is 5.39. The maximum atomic E-state index is 12.2. The predicted molar refractivity (Wildman–Crippen MR) is 116 cm³/mol. The van der Waals surface area contributed by atoms with E-state index in [1.807, 2.05) is 19.0 Å². The average molecular weight is 451 g/mol. The lowest BCUT2D eigenvalue weighted by Crippen LogP contribution is -2.30. The summed E-state index contributed by atoms with van der Waals surface area (Å²) in [4.78, 5) is 26.2. The van der Waals surface area contributed by atoms with Gasteiger partial charge >= 0.3 is 12.3 Å². The summed E-state index contributed by atoms with van der Waals surface area (Å²) >= 11 is 6.21. The predicted octanol–water partition coefficient (Wildman–Crippen LogP) is 4.89. The van der Waals surface area contributed by atoms with Crippen molar-refractivity contribution in [3.8, 4) is 0 Å². The van der Waals surface area contributed by atoms with E-state index in [1.165, 1.54) is 0 Å². The lowest BCUT2D eigenvalue weighted by atomic mass is 9.90. The highest BCUT2D eigenvalue weighted by Gasteiger charge is 2.36. The van der Waals surface area contributed by atoms with Crippen LogP contribution in [0.15, 0.2) is 59.5 Å². The van der Waals surface area contributed by atoms with E-state index in [1.54, 1.807) is 57.3 Å². The number of nitrogens with zero attached hydrogens (tertiary/aromatic N) is 1. The summed E-state index contributed by atoms with van der Waals surface area (Å²) < 4.78 is 21.0. The van der Waals surface area contributed by atoms with Crippen molar-refractivity contribution < 1.29 is 28.5 Å². The number of halogens is 1. The minimum absolute atomic E-state index is 0.144. The second-order valence-electron chi connectivity index (χ2n) is 6.73. The van der Waals surface area contributed by atoms with E-state index >= 15 is 0 Å². The van der Waals surface area contributed by atoms with Crippen LogP contribution in [0.5, 0.6) is 0 Å². The van der Waals surface area contributed by atoms with Crippen LogP contribution in [-0.4, -0.2) is 44.5 Å². The molecule has 0 aromatic heterocycles. The Balaban J connectivity index is 2.63. The monoisotopic (exact) mass is 450 g/mol. The first-order valence-corrected chi connectivity index (χ1v) is 10.2. The lowest BCUT2D eigenvalue weighted by Gasteiger charge is -2.30. The zero-order valence-electron chi connectivity index (χ0n) is 18.2. The van der Waals surface area contributed by atoms with E-state index in [2.05, 4.69) is 5.32 Å². The number of rotatable bonds is 7. The molecule has 0 radical (unpaired) electrons. The first-order chi connectivity index (χ1) is 14.8. The van der Waals surface area contributed by atoms with Crippen molar-refractivity contribution in [3.05, 3.63) is 70.0 Å². The molecule has 0 aliphatic carbocycles. The number of ether oxygens (including phenoxy) is 4. The van der Waals surface area contributed by atoms with E-state index in [0.717, 1.165) is 0 Å². The van der Waals surface area contributed by atoms with Gasteiger partial charge in [-0.05, 0) is 44.5 Å². The summed E-state index contributed by atoms with van der Waals surface area (Å²) in [6.07, 6.45) is 1.79. The van der Waals surface area contributed by atoms with Gasteiger partial charge in [0.25, 0.3) is 0 Å². The standard InChI is InChI=1S/C22H27ClN2O6/c1-6-28-21(26)30-19-14(3)24-17(11-12-25(4)5)20(31-22(27)29-7-2)18(19)15-9-8-10-16(23)13-15/h8-13,18,24H,6-7H2,1-5H3. The molecule has 2 rings (SSSR count). The molecule has 1 aliphatic heterocycles. The summed E-state index contributed by atoms with van der Waals surface area (Å²) in [5.74, 6) is -0.332. The van der Waals surface area contributed by atoms with Gasteiger partial charge in [0.2, 0.25) is 0 Å². The molecule has 1 N–H and O–H groups in total. The van der Waals surface area contributed by atoms with Crippen molar-refractivity contribution in [2.24, 2.45) is 0 Å². The van der Waals surface area contributed by atoms with Crippen molar-refractivity contribution >= 4 is 23.9 Å². The molecule has 8 nitrogen and oxygen atoms in total. The van der Waals surface area contributed by atoms with Gasteiger partial charge in [-0.25, -0.2) is 9.59 Å². The lowest BCUT2D eigenvalue weighted by molar-refractivity contribution is 0.0651. The molecule has 1 aromatic carbocycles. The van der Waals surface area contributed by atoms with Gasteiger partial charge in [0.05, 0.1) is 24.6 Å². The number of carbonyl (C=O) groups is 2. The Labute approximate surface area is 187 Å². The smallest absolute Gasteiger partial charge is 0.434 e. The van der Waals surface area contributed by atoms with Gasteiger partial charge in [-0.2, -0.15) is 0 Å². The first-order valence-electron chi connectivity index (χ1n) is 9.78. The normalized spacial score (nSPS) is 16.1. The summed E-state index contributed by atoms with van der Waals surface area (Å²) in [5.41, 5.74) is 1.70. The van der Waals surface area contributed by atoms with E-state index < -0.39 is 18.2 Å². The summed E-state index contributed by atoms with van der Waals surface area (Å²) in [6, 6.07) is 6.98. The van der Waals surface area contributed by atoms with Crippen LogP contribution in [0.25, 0.3) is 0 Å². The maximum Gasteiger partial charge on any atom is 0.513 e. The zero-order valence-corrected chi connectivity index (χ0v) is 19.0. The van der Waals surface area contributed by atoms with Crippen LogP contribution in [0.1, 0.15) is 32.3 Å². The molecule has 0 saturated carbocycles. The molecule has 1 heterocycles. The fourth-order valence-electron chi connectivity index (χ4n) is 2.88. The van der Waals surface area contributed by atoms with Crippen LogP contribution < -0.4 is 5.32 Å². The minimum Gasteiger partial charge on any atom is -0.434 e. The second kappa shape index (κ2) is 11.3. The third-order valence-corrected chi connectivity index (χ3v) is 4.35. The summed E-state index contributed by atoms with van der Waals surface area (Å²) in [7, 11) is 3.72. The number of dihydropyridines is 1. The summed E-state index contributed by atoms with van der Waals surface area (Å²) in [5, 5.41) is 3.61. The largest absolute Gasteiger partial charge is 0.513 e. The molecule has 168 valence electrons. The van der Waals surface area contributed by atoms with E-state index in [0.29, 0.717) is 22.0 Å². The highest BCUT2D eigenvalue weighted by Crippen LogP contribution is 2.40. The Kier molecular flexibility index (Phi) is 8.81. The number of allylic oxidation sites excluding steroid dienone is 2. The molecule has 0 saturated heterocycles. The Hall–Kier alpha value is -3.13. The van der Waals surface area contributed by atoms with Crippen LogP contribution in [0, 0.1) is 0 Å². The number of hydrogen-bond donors (Lipinski definition) is 1. The highest BCUT2D eigenvalue weighted by molar-refractivity contribution is 6.30. The fraction of sp³-hybridized carbons (Fsp3) is 0.364. The van der Waals surface area contributed by atoms with Crippen LogP contribution in [0.4, 0.5) is 9.59 Å². The molecule has 0 spiro atoms. The van der Waals surface area contributed by atoms with Crippen molar-refractivity contribution in [3.63, 3.8) is 0 Å². The van der Waals surface area contributed by atoms with Crippen LogP contribution in [0.2, 0.25) is 5.02 Å². The molecule has 1 aliphatic rings. The van der Waals surface area contributed by atoms with E-state index in [-0.39, 0.29) is 24.7 Å². The molecule has 1 aromatic rings. The highest BCUT2D eigenvalue weighted by atomic mass is 35.5. The third-order valence-electron chi connectivity index (χ3n) is 4.11. The number of benzene rings is 1. The van der Waals surface area contributed by atoms with Crippen molar-refractivity contribution in [1.82, 2.24) is 10.2 Å². The van der Waals surface area contributed by atoms with Gasteiger partial charge in [-0.1, -0.05) is 23.7 Å². The molecular weight excluding hydrogens is 424 g/mol. The molecule has 1 atom stereocenters. The Morgan fingerprint density at radius 1 is 1.10 bits per heavy atom. The minimum atomic E-state index is -0.878. The van der Waals surface area contributed by atoms with E-state index in [9.17, 15) is 9.59 Å². The number of nitrogens with one attached hydrogen (secondary N) is 1. The van der Waals surface area contributed by atoms with E-state index in [4.69, 9.17) is 30.5 Å². The van der Waals surface area contributed by atoms with Crippen LogP contribution >= 0.6 is 11.6 Å². The van der Waals surface area contributed by atoms with Crippen molar-refractivity contribution in [1.29, 1.82) is 0 Å². The van der Waals surface area contributed by atoms with Gasteiger partial charge in [0.15, 0.2) is 0 Å². The second-order valence-corrected chi connectivity index (χ2v) is 7.17. The molecule has 0 amide bonds. The SMILES string of the molecule is CCOC(=O)OC1=C(C)NC(C=CN(C)C)=C(OC(=O)OCC)C1c1cccc(Cl)c1. The number of hydrogen-bond acceptors (Lipinski definition) is 8. The van der Waals surface area contributed by atoms with Crippen LogP contribution in [-0.2, 0) is 18.9 Å². The van der Waals surface area contributed by atoms with Crippen LogP contribution in [0.3, 0.4) is 0 Å². The quantitative estimate of drug-likeness (QED) is 0.587. The molecule has 1 unspecified atom stereocenters. The van der Waals surface area contributed by atoms with Gasteiger partial charge < -0.3 is 29.2 Å². The maximum absolute atomic E-state index is 12.2. The molecular formula is C22H27ClN2O6.